The molecule has 0 saturated heterocycles. The summed E-state index contributed by atoms with van der Waals surface area (Å²) in [6, 6.07) is 10.7. The number of hydrogen-bond acceptors (Lipinski definition) is 8. The maximum absolute atomic E-state index is 14.4. The molecule has 1 saturated carbocycles. The SMILES string of the molecule is C[C@@H]1CCCCO[C@@H](CN(C)Cc2ccc3c(c2)OCO3)[C@H](C)CN([C@H](C)CO)C(=O)c2cc(NC(=O)NC3CCCCC3)ccc2O1. The Hall–Kier alpha value is -3.54. The first-order valence-electron chi connectivity index (χ1n) is 17.7. The molecule has 1 fully saturated rings. The summed E-state index contributed by atoms with van der Waals surface area (Å²) in [7, 11) is 2.07. The number of carbonyl (C=O) groups is 2. The lowest BCUT2D eigenvalue weighted by Gasteiger charge is -2.36. The van der Waals surface area contributed by atoms with E-state index >= 15 is 0 Å². The van der Waals surface area contributed by atoms with Crippen LogP contribution in [0.25, 0.3) is 0 Å². The van der Waals surface area contributed by atoms with E-state index in [2.05, 4.69) is 35.6 Å². The monoisotopic (exact) mass is 666 g/mol. The highest BCUT2D eigenvalue weighted by Crippen LogP contribution is 2.33. The van der Waals surface area contributed by atoms with Crippen LogP contribution in [0.3, 0.4) is 0 Å². The molecule has 4 atom stereocenters. The predicted octanol–water partition coefficient (Wildman–Crippen LogP) is 5.80. The Labute approximate surface area is 285 Å². The number of rotatable bonds is 8. The van der Waals surface area contributed by atoms with Crippen LogP contribution in [-0.4, -0.2) is 91.3 Å². The van der Waals surface area contributed by atoms with Gasteiger partial charge in [-0.1, -0.05) is 32.3 Å². The van der Waals surface area contributed by atoms with Gasteiger partial charge in [0.05, 0.1) is 30.4 Å². The van der Waals surface area contributed by atoms with E-state index < -0.39 is 6.04 Å². The van der Waals surface area contributed by atoms with Gasteiger partial charge in [-0.25, -0.2) is 4.79 Å². The number of nitrogens with zero attached hydrogens (tertiary/aromatic N) is 2. The molecule has 0 spiro atoms. The highest BCUT2D eigenvalue weighted by atomic mass is 16.7. The van der Waals surface area contributed by atoms with Gasteiger partial charge in [0, 0.05) is 43.9 Å². The maximum Gasteiger partial charge on any atom is 0.319 e. The summed E-state index contributed by atoms with van der Waals surface area (Å²) in [6.07, 6.45) is 7.74. The standard InChI is InChI=1S/C37H54N4O7/c1-25-20-41(26(2)23-42)36(43)31-19-30(39-37(44)38-29-11-6-5-7-12-29)14-16-32(31)48-27(3)10-8-9-17-45-35(25)22-40(4)21-28-13-15-33-34(18-28)47-24-46-33/h13-16,18-19,25-27,29,35,42H,5-12,17,20-24H2,1-4H3,(H2,38,39,44)/t25-,26-,27-,35+/m1/s1. The largest absolute Gasteiger partial charge is 0.490 e. The average Bonchev–Trinajstić information content (AvgIpc) is 3.54. The molecule has 264 valence electrons. The zero-order valence-electron chi connectivity index (χ0n) is 29.0. The Kier molecular flexibility index (Phi) is 12.8. The first-order chi connectivity index (χ1) is 23.2. The van der Waals surface area contributed by atoms with Crippen LogP contribution in [0.15, 0.2) is 36.4 Å². The zero-order valence-corrected chi connectivity index (χ0v) is 29.0. The van der Waals surface area contributed by atoms with E-state index in [9.17, 15) is 14.7 Å². The number of urea groups is 1. The van der Waals surface area contributed by atoms with Crippen LogP contribution in [0.1, 0.15) is 88.1 Å². The lowest BCUT2D eigenvalue weighted by Crippen LogP contribution is -2.47. The number of nitrogens with one attached hydrogen (secondary N) is 2. The van der Waals surface area contributed by atoms with Crippen molar-refractivity contribution in [1.29, 1.82) is 0 Å². The number of ether oxygens (including phenoxy) is 4. The highest BCUT2D eigenvalue weighted by molar-refractivity contribution is 5.99. The van der Waals surface area contributed by atoms with E-state index in [-0.39, 0.29) is 49.5 Å². The number of aliphatic hydroxyl groups is 1. The van der Waals surface area contributed by atoms with Crippen molar-refractivity contribution in [2.45, 2.75) is 103 Å². The van der Waals surface area contributed by atoms with Gasteiger partial charge < -0.3 is 39.6 Å². The van der Waals surface area contributed by atoms with Gasteiger partial charge in [-0.15, -0.1) is 0 Å². The van der Waals surface area contributed by atoms with Crippen molar-refractivity contribution in [3.05, 3.63) is 47.5 Å². The molecule has 3 amide bonds. The van der Waals surface area contributed by atoms with Gasteiger partial charge >= 0.3 is 6.03 Å². The third-order valence-corrected chi connectivity index (χ3v) is 9.63. The van der Waals surface area contributed by atoms with E-state index in [1.54, 1.807) is 23.1 Å². The number of anilines is 1. The molecule has 2 aromatic carbocycles. The molecular formula is C37H54N4O7. The van der Waals surface area contributed by atoms with Crippen molar-refractivity contribution < 1.29 is 33.6 Å². The van der Waals surface area contributed by atoms with E-state index in [4.69, 9.17) is 18.9 Å². The molecule has 11 nitrogen and oxygen atoms in total. The lowest BCUT2D eigenvalue weighted by atomic mass is 9.96. The normalized spacial score (nSPS) is 23.2. The summed E-state index contributed by atoms with van der Waals surface area (Å²) < 4.78 is 23.9. The van der Waals surface area contributed by atoms with Crippen molar-refractivity contribution in [1.82, 2.24) is 15.1 Å². The molecule has 3 N–H and O–H groups in total. The zero-order chi connectivity index (χ0) is 34.0. The van der Waals surface area contributed by atoms with Crippen LogP contribution in [-0.2, 0) is 11.3 Å². The topological polar surface area (TPSA) is 122 Å². The highest BCUT2D eigenvalue weighted by Gasteiger charge is 2.31. The minimum absolute atomic E-state index is 0.0454. The number of fused-ring (bicyclic) bond motifs is 2. The molecule has 48 heavy (non-hydrogen) atoms. The molecule has 0 radical (unpaired) electrons. The quantitative estimate of drug-likeness (QED) is 0.324. The van der Waals surface area contributed by atoms with Crippen LogP contribution < -0.4 is 24.8 Å². The van der Waals surface area contributed by atoms with Crippen LogP contribution in [0.2, 0.25) is 0 Å². The second kappa shape index (κ2) is 17.2. The third kappa shape index (κ3) is 9.76. The fourth-order valence-corrected chi connectivity index (χ4v) is 6.79. The van der Waals surface area contributed by atoms with E-state index in [0.29, 0.717) is 43.2 Å². The summed E-state index contributed by atoms with van der Waals surface area (Å²) in [4.78, 5) is 31.2. The van der Waals surface area contributed by atoms with E-state index in [1.807, 2.05) is 26.0 Å². The molecule has 1 aliphatic carbocycles. The number of aliphatic hydroxyl groups excluding tert-OH is 1. The molecule has 5 rings (SSSR count). The van der Waals surface area contributed by atoms with Gasteiger partial charge in [0.1, 0.15) is 5.75 Å². The van der Waals surface area contributed by atoms with Crippen molar-refractivity contribution >= 4 is 17.6 Å². The number of likely N-dealkylation sites (N-methyl/N-ethyl adjacent to an activating group) is 1. The van der Waals surface area contributed by atoms with Crippen LogP contribution >= 0.6 is 0 Å². The van der Waals surface area contributed by atoms with Gasteiger partial charge in [0.15, 0.2) is 11.5 Å². The molecule has 3 aliphatic rings. The summed E-state index contributed by atoms with van der Waals surface area (Å²) in [5.41, 5.74) is 1.99. The number of amides is 3. The summed E-state index contributed by atoms with van der Waals surface area (Å²) >= 11 is 0. The molecule has 0 aromatic heterocycles. The van der Waals surface area contributed by atoms with Gasteiger partial charge in [-0.05, 0) is 88.9 Å². The fraction of sp³-hybridized carbons (Fsp3) is 0.622. The Balaban J connectivity index is 1.34. The Morgan fingerprint density at radius 1 is 1.00 bits per heavy atom. The smallest absolute Gasteiger partial charge is 0.319 e. The maximum atomic E-state index is 14.4. The van der Waals surface area contributed by atoms with Gasteiger partial charge in [-0.3, -0.25) is 9.69 Å². The predicted molar refractivity (Wildman–Crippen MR) is 185 cm³/mol. The molecule has 11 heteroatoms. The first kappa shape index (κ1) is 35.8. The summed E-state index contributed by atoms with van der Waals surface area (Å²) in [6.45, 7) is 8.34. The van der Waals surface area contributed by atoms with Gasteiger partial charge in [-0.2, -0.15) is 0 Å². The van der Waals surface area contributed by atoms with Crippen molar-refractivity contribution in [2.24, 2.45) is 5.92 Å². The Morgan fingerprint density at radius 3 is 2.54 bits per heavy atom. The second-order valence-corrected chi connectivity index (χ2v) is 13.8. The minimum Gasteiger partial charge on any atom is -0.490 e. The molecule has 0 bridgehead atoms. The van der Waals surface area contributed by atoms with Crippen molar-refractivity contribution in [2.75, 3.05) is 45.5 Å². The van der Waals surface area contributed by atoms with Crippen LogP contribution in [0.5, 0.6) is 17.2 Å². The summed E-state index contributed by atoms with van der Waals surface area (Å²) in [5.74, 6) is 1.70. The van der Waals surface area contributed by atoms with Gasteiger partial charge in [0.25, 0.3) is 5.91 Å². The number of carbonyl (C=O) groups excluding carboxylic acids is 2. The first-order valence-corrected chi connectivity index (χ1v) is 17.7. The second-order valence-electron chi connectivity index (χ2n) is 13.8. The van der Waals surface area contributed by atoms with Gasteiger partial charge in [0.2, 0.25) is 6.79 Å². The fourth-order valence-electron chi connectivity index (χ4n) is 6.79. The minimum atomic E-state index is -0.448. The number of hydrogen-bond donors (Lipinski definition) is 3. The van der Waals surface area contributed by atoms with E-state index in [0.717, 1.165) is 62.0 Å². The van der Waals surface area contributed by atoms with Crippen LogP contribution in [0, 0.1) is 5.92 Å². The summed E-state index contributed by atoms with van der Waals surface area (Å²) in [5, 5.41) is 16.3. The molecule has 2 aliphatic heterocycles. The molecule has 0 unspecified atom stereocenters. The lowest BCUT2D eigenvalue weighted by molar-refractivity contribution is -0.0177. The van der Waals surface area contributed by atoms with E-state index in [1.165, 1.54) is 6.42 Å². The molecular weight excluding hydrogens is 612 g/mol. The van der Waals surface area contributed by atoms with Crippen molar-refractivity contribution in [3.63, 3.8) is 0 Å². The average molecular weight is 667 g/mol. The molecule has 2 aromatic rings. The van der Waals surface area contributed by atoms with Crippen LogP contribution in [0.4, 0.5) is 10.5 Å². The number of benzene rings is 2. The van der Waals surface area contributed by atoms with Crippen molar-refractivity contribution in [3.8, 4) is 17.2 Å². The third-order valence-electron chi connectivity index (χ3n) is 9.63. The Bertz CT molecular complexity index is 1370. The Morgan fingerprint density at radius 2 is 1.75 bits per heavy atom. The molecule has 2 heterocycles.